The molecule has 1 aromatic heterocycles. The van der Waals surface area contributed by atoms with E-state index in [1.54, 1.807) is 0 Å². The number of benzene rings is 2. The number of anilines is 4. The van der Waals surface area contributed by atoms with Crippen LogP contribution >= 0.6 is 11.6 Å². The van der Waals surface area contributed by atoms with Gasteiger partial charge in [0.05, 0.1) is 10.7 Å². The van der Waals surface area contributed by atoms with Crippen molar-refractivity contribution in [2.45, 2.75) is 26.3 Å². The first-order chi connectivity index (χ1) is 12.1. The fraction of sp³-hybridized carbons (Fsp3) is 0.200. The SMILES string of the molecule is Cc1cc(N2c3ccccc3CC2C)nc(Nc2ccccc2Cl)n1. The fourth-order valence-electron chi connectivity index (χ4n) is 3.33. The highest BCUT2D eigenvalue weighted by atomic mass is 35.5. The van der Waals surface area contributed by atoms with Crippen LogP contribution in [-0.4, -0.2) is 16.0 Å². The van der Waals surface area contributed by atoms with Gasteiger partial charge in [0.1, 0.15) is 5.82 Å². The Balaban J connectivity index is 1.72. The average molecular weight is 351 g/mol. The van der Waals surface area contributed by atoms with Crippen LogP contribution < -0.4 is 10.2 Å². The highest BCUT2D eigenvalue weighted by molar-refractivity contribution is 6.33. The number of para-hydroxylation sites is 2. The van der Waals surface area contributed by atoms with Crippen molar-refractivity contribution in [2.24, 2.45) is 0 Å². The summed E-state index contributed by atoms with van der Waals surface area (Å²) in [6.45, 7) is 4.20. The molecule has 2 aromatic carbocycles. The maximum Gasteiger partial charge on any atom is 0.229 e. The van der Waals surface area contributed by atoms with Gasteiger partial charge in [-0.1, -0.05) is 41.9 Å². The van der Waals surface area contributed by atoms with Gasteiger partial charge < -0.3 is 10.2 Å². The molecule has 0 spiro atoms. The molecule has 25 heavy (non-hydrogen) atoms. The Bertz CT molecular complexity index is 925. The molecule has 0 saturated carbocycles. The molecule has 3 aromatic rings. The maximum absolute atomic E-state index is 6.24. The number of fused-ring (bicyclic) bond motifs is 1. The highest BCUT2D eigenvalue weighted by Gasteiger charge is 2.28. The molecule has 1 N–H and O–H groups in total. The Morgan fingerprint density at radius 1 is 1.08 bits per heavy atom. The van der Waals surface area contributed by atoms with Crippen LogP contribution in [0, 0.1) is 6.92 Å². The van der Waals surface area contributed by atoms with E-state index in [2.05, 4.69) is 46.4 Å². The fourth-order valence-corrected chi connectivity index (χ4v) is 3.51. The standard InChI is InChI=1S/C20H19ClN4/c1-13-11-19(25-14(2)12-15-7-3-6-10-18(15)25)24-20(22-13)23-17-9-5-4-8-16(17)21/h3-11,14H,12H2,1-2H3,(H,22,23,24). The first-order valence-corrected chi connectivity index (χ1v) is 8.74. The molecule has 0 saturated heterocycles. The largest absolute Gasteiger partial charge is 0.323 e. The molecule has 0 fully saturated rings. The van der Waals surface area contributed by atoms with Crippen LogP contribution in [0.3, 0.4) is 0 Å². The second-order valence-electron chi connectivity index (χ2n) is 6.35. The molecule has 2 heterocycles. The van der Waals surface area contributed by atoms with Crippen LogP contribution in [-0.2, 0) is 6.42 Å². The summed E-state index contributed by atoms with van der Waals surface area (Å²) in [5.74, 6) is 1.46. The van der Waals surface area contributed by atoms with Crippen molar-refractivity contribution in [1.82, 2.24) is 9.97 Å². The number of halogens is 1. The smallest absolute Gasteiger partial charge is 0.229 e. The summed E-state index contributed by atoms with van der Waals surface area (Å²) in [6.07, 6.45) is 1.02. The lowest BCUT2D eigenvalue weighted by Gasteiger charge is -2.24. The maximum atomic E-state index is 6.24. The summed E-state index contributed by atoms with van der Waals surface area (Å²) >= 11 is 6.24. The van der Waals surface area contributed by atoms with Crippen LogP contribution in [0.1, 0.15) is 18.2 Å². The average Bonchev–Trinajstić information content (AvgIpc) is 2.92. The molecule has 0 radical (unpaired) electrons. The lowest BCUT2D eigenvalue weighted by atomic mass is 10.1. The van der Waals surface area contributed by atoms with E-state index >= 15 is 0 Å². The van der Waals surface area contributed by atoms with E-state index in [0.717, 1.165) is 23.6 Å². The van der Waals surface area contributed by atoms with E-state index in [4.69, 9.17) is 16.6 Å². The summed E-state index contributed by atoms with van der Waals surface area (Å²) < 4.78 is 0. The summed E-state index contributed by atoms with van der Waals surface area (Å²) in [5.41, 5.74) is 4.29. The van der Waals surface area contributed by atoms with Crippen molar-refractivity contribution >= 4 is 34.7 Å². The molecule has 4 nitrogen and oxygen atoms in total. The van der Waals surface area contributed by atoms with Crippen molar-refractivity contribution in [2.75, 3.05) is 10.2 Å². The van der Waals surface area contributed by atoms with Gasteiger partial charge in [0.25, 0.3) is 0 Å². The van der Waals surface area contributed by atoms with Crippen molar-refractivity contribution in [3.05, 3.63) is 70.9 Å². The molecule has 4 rings (SSSR count). The minimum absolute atomic E-state index is 0.361. The van der Waals surface area contributed by atoms with Gasteiger partial charge in [0.2, 0.25) is 5.95 Å². The number of hydrogen-bond acceptors (Lipinski definition) is 4. The molecule has 0 aliphatic carbocycles. The predicted molar refractivity (Wildman–Crippen MR) is 103 cm³/mol. The Morgan fingerprint density at radius 2 is 1.84 bits per heavy atom. The third kappa shape index (κ3) is 3.05. The molecule has 126 valence electrons. The topological polar surface area (TPSA) is 41.1 Å². The van der Waals surface area contributed by atoms with Crippen LogP contribution in [0.15, 0.2) is 54.6 Å². The van der Waals surface area contributed by atoms with Crippen LogP contribution in [0.25, 0.3) is 0 Å². The first kappa shape index (κ1) is 15.9. The van der Waals surface area contributed by atoms with Gasteiger partial charge in [-0.15, -0.1) is 0 Å². The number of nitrogens with zero attached hydrogens (tertiary/aromatic N) is 3. The Kier molecular flexibility index (Phi) is 4.06. The molecule has 0 bridgehead atoms. The van der Waals surface area contributed by atoms with Gasteiger partial charge >= 0.3 is 0 Å². The molecule has 0 amide bonds. The minimum atomic E-state index is 0.361. The molecule has 5 heteroatoms. The quantitative estimate of drug-likeness (QED) is 0.699. The highest BCUT2D eigenvalue weighted by Crippen LogP contribution is 2.37. The van der Waals surface area contributed by atoms with Gasteiger partial charge in [-0.2, -0.15) is 4.98 Å². The van der Waals surface area contributed by atoms with Gasteiger partial charge in [0, 0.05) is 23.5 Å². The van der Waals surface area contributed by atoms with E-state index in [-0.39, 0.29) is 0 Å². The summed E-state index contributed by atoms with van der Waals surface area (Å²) in [6, 6.07) is 18.5. The van der Waals surface area contributed by atoms with Gasteiger partial charge in [0.15, 0.2) is 0 Å². The van der Waals surface area contributed by atoms with E-state index in [9.17, 15) is 0 Å². The lowest BCUT2D eigenvalue weighted by molar-refractivity contribution is 0.749. The number of aromatic nitrogens is 2. The van der Waals surface area contributed by atoms with E-state index in [1.165, 1.54) is 11.3 Å². The third-order valence-corrected chi connectivity index (χ3v) is 4.74. The van der Waals surface area contributed by atoms with Crippen molar-refractivity contribution in [3.8, 4) is 0 Å². The van der Waals surface area contributed by atoms with Gasteiger partial charge in [-0.05, 0) is 44.0 Å². The second-order valence-corrected chi connectivity index (χ2v) is 6.76. The predicted octanol–water partition coefficient (Wildman–Crippen LogP) is 5.26. The van der Waals surface area contributed by atoms with E-state index < -0.39 is 0 Å². The number of rotatable bonds is 3. The Labute approximate surface area is 152 Å². The summed E-state index contributed by atoms with van der Waals surface area (Å²) in [5, 5.41) is 3.88. The zero-order valence-corrected chi connectivity index (χ0v) is 15.0. The Hall–Kier alpha value is -2.59. The van der Waals surface area contributed by atoms with Gasteiger partial charge in [-0.3, -0.25) is 0 Å². The normalized spacial score (nSPS) is 16.0. The van der Waals surface area contributed by atoms with Crippen molar-refractivity contribution in [3.63, 3.8) is 0 Å². The van der Waals surface area contributed by atoms with E-state index in [0.29, 0.717) is 17.0 Å². The zero-order chi connectivity index (χ0) is 17.4. The van der Waals surface area contributed by atoms with Crippen LogP contribution in [0.2, 0.25) is 5.02 Å². The molecule has 1 aliphatic rings. The number of aryl methyl sites for hydroxylation is 1. The third-order valence-electron chi connectivity index (χ3n) is 4.42. The van der Waals surface area contributed by atoms with Crippen molar-refractivity contribution in [1.29, 1.82) is 0 Å². The second kappa shape index (κ2) is 6.37. The van der Waals surface area contributed by atoms with E-state index in [1.807, 2.05) is 37.3 Å². The monoisotopic (exact) mass is 350 g/mol. The molecule has 1 atom stereocenters. The summed E-state index contributed by atoms with van der Waals surface area (Å²) in [4.78, 5) is 11.5. The molecule has 1 aliphatic heterocycles. The Morgan fingerprint density at radius 3 is 2.68 bits per heavy atom. The first-order valence-electron chi connectivity index (χ1n) is 8.36. The molecular formula is C20H19ClN4. The number of hydrogen-bond donors (Lipinski definition) is 1. The summed E-state index contributed by atoms with van der Waals surface area (Å²) in [7, 11) is 0. The van der Waals surface area contributed by atoms with Crippen LogP contribution in [0.5, 0.6) is 0 Å². The lowest BCUT2D eigenvalue weighted by Crippen LogP contribution is -2.25. The zero-order valence-electron chi connectivity index (χ0n) is 14.2. The van der Waals surface area contributed by atoms with Crippen LogP contribution in [0.4, 0.5) is 23.1 Å². The van der Waals surface area contributed by atoms with Crippen molar-refractivity contribution < 1.29 is 0 Å². The molecule has 1 unspecified atom stereocenters. The number of nitrogens with one attached hydrogen (secondary N) is 1. The molecular weight excluding hydrogens is 332 g/mol. The minimum Gasteiger partial charge on any atom is -0.323 e. The van der Waals surface area contributed by atoms with Gasteiger partial charge in [-0.25, -0.2) is 4.98 Å².